The molecule has 7 heteroatoms. The number of hydrogen-bond acceptors (Lipinski definition) is 5. The third-order valence-corrected chi connectivity index (χ3v) is 4.64. The fourth-order valence-corrected chi connectivity index (χ4v) is 3.43. The number of thioether (sulfide) groups is 1. The van der Waals surface area contributed by atoms with Gasteiger partial charge in [-0.15, -0.1) is 0 Å². The first-order valence-corrected chi connectivity index (χ1v) is 8.58. The number of carbonyl (C=O) groups excluding carboxylic acids is 3. The maximum atomic E-state index is 12.7. The van der Waals surface area contributed by atoms with E-state index in [1.807, 2.05) is 19.1 Å². The van der Waals surface area contributed by atoms with Crippen LogP contribution in [0.3, 0.4) is 0 Å². The fraction of sp³-hybridized carbons (Fsp3) is 0.167. The molecule has 25 heavy (non-hydrogen) atoms. The highest BCUT2D eigenvalue weighted by Gasteiger charge is 2.41. The van der Waals surface area contributed by atoms with E-state index in [-0.39, 0.29) is 17.1 Å². The van der Waals surface area contributed by atoms with Gasteiger partial charge < -0.3 is 10.6 Å². The quantitative estimate of drug-likeness (QED) is 0.876. The van der Waals surface area contributed by atoms with Crippen molar-refractivity contribution in [3.63, 3.8) is 0 Å². The molecule has 6 nitrogen and oxygen atoms in total. The number of rotatable bonds is 4. The lowest BCUT2D eigenvalue weighted by molar-refractivity contribution is -0.116. The highest BCUT2D eigenvalue weighted by Crippen LogP contribution is 2.34. The molecule has 0 radical (unpaired) electrons. The van der Waals surface area contributed by atoms with E-state index in [1.54, 1.807) is 36.4 Å². The van der Waals surface area contributed by atoms with Crippen molar-refractivity contribution in [2.24, 2.45) is 0 Å². The van der Waals surface area contributed by atoms with E-state index >= 15 is 0 Å². The Bertz CT molecular complexity index is 836. The molecule has 0 saturated carbocycles. The smallest absolute Gasteiger partial charge is 0.295 e. The fourth-order valence-electron chi connectivity index (χ4n) is 2.54. The zero-order valence-electron chi connectivity index (χ0n) is 13.8. The highest BCUT2D eigenvalue weighted by atomic mass is 32.2. The maximum absolute atomic E-state index is 12.7. The topological polar surface area (TPSA) is 78.5 Å². The van der Waals surface area contributed by atoms with Crippen LogP contribution in [0.4, 0.5) is 21.9 Å². The van der Waals surface area contributed by atoms with Crippen LogP contribution in [0.5, 0.6) is 0 Å². The summed E-state index contributed by atoms with van der Waals surface area (Å²) in [6, 6.07) is 14.3. The van der Waals surface area contributed by atoms with Crippen molar-refractivity contribution in [2.75, 3.05) is 15.5 Å². The van der Waals surface area contributed by atoms with Crippen LogP contribution < -0.4 is 15.5 Å². The van der Waals surface area contributed by atoms with E-state index in [9.17, 15) is 14.4 Å². The first-order valence-electron chi connectivity index (χ1n) is 7.70. The number of nitrogens with one attached hydrogen (secondary N) is 2. The van der Waals surface area contributed by atoms with Crippen LogP contribution in [0.1, 0.15) is 12.5 Å². The molecule has 3 amide bonds. The second kappa shape index (κ2) is 6.98. The van der Waals surface area contributed by atoms with Gasteiger partial charge >= 0.3 is 0 Å². The standard InChI is InChI=1S/C18H17N3O3S/c1-11-5-3-4-6-15(11)21-17(23)16(25-18(21)24)20-14-9-7-13(8-10-14)19-12(2)22/h3-10,16,20H,1-2H3,(H,19,22). The van der Waals surface area contributed by atoms with E-state index in [0.29, 0.717) is 17.1 Å². The van der Waals surface area contributed by atoms with Gasteiger partial charge in [0.2, 0.25) is 5.91 Å². The lowest BCUT2D eigenvalue weighted by Gasteiger charge is -2.17. The van der Waals surface area contributed by atoms with Crippen LogP contribution in [0.2, 0.25) is 0 Å². The van der Waals surface area contributed by atoms with Gasteiger partial charge in [-0.3, -0.25) is 14.4 Å². The lowest BCUT2D eigenvalue weighted by Crippen LogP contribution is -2.34. The van der Waals surface area contributed by atoms with E-state index < -0.39 is 5.37 Å². The van der Waals surface area contributed by atoms with Gasteiger partial charge in [0.1, 0.15) is 0 Å². The molecule has 2 aromatic carbocycles. The Kier molecular flexibility index (Phi) is 4.76. The Morgan fingerprint density at radius 2 is 1.68 bits per heavy atom. The van der Waals surface area contributed by atoms with Gasteiger partial charge in [-0.1, -0.05) is 18.2 Å². The van der Waals surface area contributed by atoms with E-state index in [4.69, 9.17) is 0 Å². The zero-order valence-corrected chi connectivity index (χ0v) is 14.6. The van der Waals surface area contributed by atoms with E-state index in [0.717, 1.165) is 17.3 Å². The Balaban J connectivity index is 1.74. The molecule has 1 aliphatic heterocycles. The summed E-state index contributed by atoms with van der Waals surface area (Å²) in [5.74, 6) is -0.447. The average molecular weight is 355 g/mol. The van der Waals surface area contributed by atoms with Crippen molar-refractivity contribution < 1.29 is 14.4 Å². The molecule has 1 fully saturated rings. The molecule has 1 aliphatic rings. The maximum Gasteiger partial charge on any atom is 0.295 e. The molecular weight excluding hydrogens is 338 g/mol. The summed E-state index contributed by atoms with van der Waals surface area (Å²) < 4.78 is 0. The minimum Gasteiger partial charge on any atom is -0.365 e. The number of nitrogens with zero attached hydrogens (tertiary/aromatic N) is 1. The van der Waals surface area contributed by atoms with Gasteiger partial charge in [0.25, 0.3) is 11.1 Å². The zero-order chi connectivity index (χ0) is 18.0. The predicted octanol–water partition coefficient (Wildman–Crippen LogP) is 3.59. The number of amides is 3. The second-order valence-corrected chi connectivity index (χ2v) is 6.68. The van der Waals surface area contributed by atoms with Gasteiger partial charge in [0.15, 0.2) is 5.37 Å². The average Bonchev–Trinajstić information content (AvgIpc) is 2.83. The monoisotopic (exact) mass is 355 g/mol. The molecule has 3 rings (SSSR count). The molecule has 1 unspecified atom stereocenters. The molecule has 0 spiro atoms. The summed E-state index contributed by atoms with van der Waals surface area (Å²) in [6.07, 6.45) is 0. The second-order valence-electron chi connectivity index (χ2n) is 5.63. The normalized spacial score (nSPS) is 16.9. The van der Waals surface area contributed by atoms with Crippen LogP contribution in [0.25, 0.3) is 0 Å². The summed E-state index contributed by atoms with van der Waals surface area (Å²) >= 11 is 0.952. The Morgan fingerprint density at radius 1 is 1.04 bits per heavy atom. The van der Waals surface area contributed by atoms with Crippen LogP contribution in [-0.2, 0) is 9.59 Å². The number of benzene rings is 2. The van der Waals surface area contributed by atoms with Crippen molar-refractivity contribution >= 4 is 45.9 Å². The lowest BCUT2D eigenvalue weighted by atomic mass is 10.2. The van der Waals surface area contributed by atoms with Gasteiger partial charge in [-0.2, -0.15) is 0 Å². The molecule has 0 aromatic heterocycles. The summed E-state index contributed by atoms with van der Waals surface area (Å²) in [5.41, 5.74) is 2.83. The number of anilines is 3. The number of carbonyl (C=O) groups is 3. The number of hydrogen-bond donors (Lipinski definition) is 2. The molecule has 2 N–H and O–H groups in total. The molecule has 0 bridgehead atoms. The van der Waals surface area contributed by atoms with Gasteiger partial charge in [-0.05, 0) is 54.6 Å². The molecule has 1 saturated heterocycles. The molecule has 2 aromatic rings. The molecular formula is C18H17N3O3S. The van der Waals surface area contributed by atoms with E-state index in [1.165, 1.54) is 11.8 Å². The number of para-hydroxylation sites is 1. The summed E-state index contributed by atoms with van der Waals surface area (Å²) in [4.78, 5) is 37.2. The van der Waals surface area contributed by atoms with Crippen molar-refractivity contribution in [2.45, 2.75) is 19.2 Å². The highest BCUT2D eigenvalue weighted by molar-refractivity contribution is 8.16. The minimum atomic E-state index is -0.682. The van der Waals surface area contributed by atoms with Crippen LogP contribution in [0, 0.1) is 6.92 Å². The molecule has 1 atom stereocenters. The third-order valence-electron chi connectivity index (χ3n) is 3.71. The van der Waals surface area contributed by atoms with Crippen LogP contribution in [0.15, 0.2) is 48.5 Å². The SMILES string of the molecule is CC(=O)Nc1ccc(NC2SC(=O)N(c3ccccc3C)C2=O)cc1. The van der Waals surface area contributed by atoms with Gasteiger partial charge in [-0.25, -0.2) is 4.90 Å². The predicted molar refractivity (Wildman–Crippen MR) is 99.8 cm³/mol. The first kappa shape index (κ1) is 17.0. The molecule has 128 valence electrons. The van der Waals surface area contributed by atoms with Gasteiger partial charge in [0, 0.05) is 18.3 Å². The molecule has 1 heterocycles. The molecule has 0 aliphatic carbocycles. The number of aryl methyl sites for hydroxylation is 1. The largest absolute Gasteiger partial charge is 0.365 e. The Hall–Kier alpha value is -2.80. The summed E-state index contributed by atoms with van der Waals surface area (Å²) in [5, 5.41) is 4.75. The van der Waals surface area contributed by atoms with Crippen LogP contribution in [-0.4, -0.2) is 22.4 Å². The first-order chi connectivity index (χ1) is 12.0. The van der Waals surface area contributed by atoms with Crippen molar-refractivity contribution in [3.05, 3.63) is 54.1 Å². The Labute approximate surface area is 149 Å². The minimum absolute atomic E-state index is 0.151. The van der Waals surface area contributed by atoms with Crippen molar-refractivity contribution in [3.8, 4) is 0 Å². The van der Waals surface area contributed by atoms with Crippen molar-refractivity contribution in [1.82, 2.24) is 0 Å². The number of imide groups is 1. The Morgan fingerprint density at radius 3 is 2.32 bits per heavy atom. The summed E-state index contributed by atoms with van der Waals surface area (Å²) in [6.45, 7) is 3.30. The van der Waals surface area contributed by atoms with E-state index in [2.05, 4.69) is 10.6 Å². The van der Waals surface area contributed by atoms with Crippen LogP contribution >= 0.6 is 11.8 Å². The van der Waals surface area contributed by atoms with Crippen molar-refractivity contribution in [1.29, 1.82) is 0 Å². The summed E-state index contributed by atoms with van der Waals surface area (Å²) in [7, 11) is 0. The third kappa shape index (κ3) is 3.66. The van der Waals surface area contributed by atoms with Gasteiger partial charge in [0.05, 0.1) is 5.69 Å².